The van der Waals surface area contributed by atoms with Crippen LogP contribution >= 0.6 is 0 Å². The first kappa shape index (κ1) is 19.0. The number of non-ortho nitro benzene ring substituents is 1. The number of hydrogen-bond acceptors (Lipinski definition) is 7. The lowest BCUT2D eigenvalue weighted by atomic mass is 10.2. The molecular formula is C20H16N6O4. The van der Waals surface area contributed by atoms with E-state index >= 15 is 0 Å². The van der Waals surface area contributed by atoms with Crippen molar-refractivity contribution >= 4 is 17.2 Å². The lowest BCUT2D eigenvalue weighted by Crippen LogP contribution is -2.28. The van der Waals surface area contributed by atoms with Gasteiger partial charge in [-0.2, -0.15) is 4.52 Å². The van der Waals surface area contributed by atoms with Gasteiger partial charge in [-0.05, 0) is 12.1 Å². The van der Waals surface area contributed by atoms with Gasteiger partial charge < -0.3 is 10.1 Å². The number of carbonyl (C=O) groups excluding carboxylic acids is 1. The molecule has 0 saturated carbocycles. The van der Waals surface area contributed by atoms with E-state index in [4.69, 9.17) is 4.74 Å². The van der Waals surface area contributed by atoms with Crippen molar-refractivity contribution in [1.82, 2.24) is 25.1 Å². The molecule has 30 heavy (non-hydrogen) atoms. The summed E-state index contributed by atoms with van der Waals surface area (Å²) < 4.78 is 7.20. The molecule has 0 bridgehead atoms. The minimum Gasteiger partial charge on any atom is -0.475 e. The fraction of sp³-hybridized carbons (Fsp3) is 0.100. The average molecular weight is 404 g/mol. The summed E-state index contributed by atoms with van der Waals surface area (Å²) in [4.78, 5) is 22.4. The van der Waals surface area contributed by atoms with Crippen LogP contribution in [0.1, 0.15) is 10.4 Å². The van der Waals surface area contributed by atoms with E-state index in [0.29, 0.717) is 17.4 Å². The minimum atomic E-state index is -0.545. The predicted octanol–water partition coefficient (Wildman–Crippen LogP) is 2.51. The summed E-state index contributed by atoms with van der Waals surface area (Å²) in [6.07, 6.45) is 0. The molecule has 0 spiro atoms. The summed E-state index contributed by atoms with van der Waals surface area (Å²) in [6, 6.07) is 18.5. The van der Waals surface area contributed by atoms with Gasteiger partial charge in [-0.25, -0.2) is 0 Å². The number of amides is 1. The number of nitro benzene ring substituents is 1. The highest BCUT2D eigenvalue weighted by Gasteiger charge is 2.12. The van der Waals surface area contributed by atoms with Crippen molar-refractivity contribution in [3.63, 3.8) is 0 Å². The van der Waals surface area contributed by atoms with Crippen molar-refractivity contribution in [2.24, 2.45) is 0 Å². The molecule has 0 atom stereocenters. The second kappa shape index (κ2) is 8.35. The monoisotopic (exact) mass is 404 g/mol. The highest BCUT2D eigenvalue weighted by atomic mass is 16.6. The quantitative estimate of drug-likeness (QED) is 0.285. The molecular weight excluding hydrogens is 388 g/mol. The molecule has 10 heteroatoms. The number of nitrogens with zero attached hydrogens (tertiary/aromatic N) is 5. The van der Waals surface area contributed by atoms with Gasteiger partial charge in [0.1, 0.15) is 6.61 Å². The first-order chi connectivity index (χ1) is 14.6. The van der Waals surface area contributed by atoms with E-state index in [9.17, 15) is 14.9 Å². The van der Waals surface area contributed by atoms with Gasteiger partial charge in [-0.1, -0.05) is 36.4 Å². The van der Waals surface area contributed by atoms with Crippen LogP contribution in [-0.2, 0) is 0 Å². The normalized spacial score (nSPS) is 10.7. The van der Waals surface area contributed by atoms with Gasteiger partial charge in [-0.15, -0.1) is 15.3 Å². The third kappa shape index (κ3) is 4.07. The van der Waals surface area contributed by atoms with Crippen LogP contribution in [0.25, 0.3) is 17.0 Å². The first-order valence-corrected chi connectivity index (χ1v) is 9.05. The molecule has 0 radical (unpaired) electrons. The van der Waals surface area contributed by atoms with Crippen LogP contribution in [0.4, 0.5) is 5.69 Å². The summed E-state index contributed by atoms with van der Waals surface area (Å²) in [6.45, 7) is 0.372. The molecule has 0 fully saturated rings. The Hall–Kier alpha value is -4.34. The molecule has 0 aliphatic rings. The van der Waals surface area contributed by atoms with Crippen LogP contribution in [0.5, 0.6) is 5.88 Å². The average Bonchev–Trinajstić information content (AvgIpc) is 3.20. The molecule has 150 valence electrons. The molecule has 4 rings (SSSR count). The third-order valence-electron chi connectivity index (χ3n) is 4.23. The summed E-state index contributed by atoms with van der Waals surface area (Å²) >= 11 is 0. The Bertz CT molecular complexity index is 1210. The second-order valence-electron chi connectivity index (χ2n) is 6.24. The van der Waals surface area contributed by atoms with Gasteiger partial charge in [0.15, 0.2) is 11.5 Å². The van der Waals surface area contributed by atoms with E-state index in [1.54, 1.807) is 16.6 Å². The van der Waals surface area contributed by atoms with Gasteiger partial charge in [-0.3, -0.25) is 14.9 Å². The standard InChI is InChI=1S/C20H16N6O4/c27-20(15-7-4-8-16(13-15)26(28)29)21-11-12-30-18-10-9-17-22-23-19(25(17)24-18)14-5-2-1-3-6-14/h1-10,13H,11-12H2,(H,21,27). The number of carbonyl (C=O) groups is 1. The molecule has 2 aromatic heterocycles. The second-order valence-corrected chi connectivity index (χ2v) is 6.24. The van der Waals surface area contributed by atoms with E-state index in [0.717, 1.165) is 5.56 Å². The number of fused-ring (bicyclic) bond motifs is 1. The van der Waals surface area contributed by atoms with Gasteiger partial charge >= 0.3 is 0 Å². The number of aromatic nitrogens is 4. The van der Waals surface area contributed by atoms with Crippen LogP contribution in [0.3, 0.4) is 0 Å². The van der Waals surface area contributed by atoms with E-state index in [-0.39, 0.29) is 24.4 Å². The summed E-state index contributed by atoms with van der Waals surface area (Å²) in [5, 5.41) is 26.1. The summed E-state index contributed by atoms with van der Waals surface area (Å²) in [7, 11) is 0. The smallest absolute Gasteiger partial charge is 0.270 e. The highest BCUT2D eigenvalue weighted by Crippen LogP contribution is 2.18. The van der Waals surface area contributed by atoms with E-state index in [1.807, 2.05) is 30.3 Å². The molecule has 2 aromatic carbocycles. The third-order valence-corrected chi connectivity index (χ3v) is 4.23. The van der Waals surface area contributed by atoms with Crippen molar-refractivity contribution in [2.45, 2.75) is 0 Å². The Morgan fingerprint density at radius 2 is 1.90 bits per heavy atom. The lowest BCUT2D eigenvalue weighted by molar-refractivity contribution is -0.384. The number of ether oxygens (including phenoxy) is 1. The maximum Gasteiger partial charge on any atom is 0.270 e. The number of benzene rings is 2. The van der Waals surface area contributed by atoms with Crippen molar-refractivity contribution < 1.29 is 14.5 Å². The topological polar surface area (TPSA) is 125 Å². The van der Waals surface area contributed by atoms with Crippen molar-refractivity contribution in [3.05, 3.63) is 82.4 Å². The zero-order valence-electron chi connectivity index (χ0n) is 15.6. The molecule has 10 nitrogen and oxygen atoms in total. The van der Waals surface area contributed by atoms with Gasteiger partial charge in [0.25, 0.3) is 11.6 Å². The van der Waals surface area contributed by atoms with Crippen molar-refractivity contribution in [3.8, 4) is 17.3 Å². The number of hydrogen-bond donors (Lipinski definition) is 1. The zero-order valence-corrected chi connectivity index (χ0v) is 15.6. The molecule has 2 heterocycles. The maximum absolute atomic E-state index is 12.1. The minimum absolute atomic E-state index is 0.139. The number of nitrogens with one attached hydrogen (secondary N) is 1. The first-order valence-electron chi connectivity index (χ1n) is 9.05. The lowest BCUT2D eigenvalue weighted by Gasteiger charge is -2.08. The molecule has 4 aromatic rings. The SMILES string of the molecule is O=C(NCCOc1ccc2nnc(-c3ccccc3)n2n1)c1cccc([N+](=O)[O-])c1. The van der Waals surface area contributed by atoms with E-state index < -0.39 is 10.8 Å². The molecule has 0 aliphatic heterocycles. The van der Waals surface area contributed by atoms with Crippen LogP contribution < -0.4 is 10.1 Å². The number of nitro groups is 1. The van der Waals surface area contributed by atoms with Crippen molar-refractivity contribution in [1.29, 1.82) is 0 Å². The fourth-order valence-electron chi connectivity index (χ4n) is 2.80. The summed E-state index contributed by atoms with van der Waals surface area (Å²) in [5.74, 6) is 0.523. The Morgan fingerprint density at radius 1 is 1.07 bits per heavy atom. The van der Waals surface area contributed by atoms with Crippen molar-refractivity contribution in [2.75, 3.05) is 13.2 Å². The van der Waals surface area contributed by atoms with Crippen LogP contribution in [0.2, 0.25) is 0 Å². The predicted molar refractivity (Wildman–Crippen MR) is 107 cm³/mol. The van der Waals surface area contributed by atoms with E-state index in [1.165, 1.54) is 24.3 Å². The molecule has 0 aliphatic carbocycles. The van der Waals surface area contributed by atoms with Gasteiger partial charge in [0, 0.05) is 29.3 Å². The Kier molecular flexibility index (Phi) is 5.29. The van der Waals surface area contributed by atoms with Crippen LogP contribution in [0, 0.1) is 10.1 Å². The Labute approximate surface area is 170 Å². The molecule has 0 saturated heterocycles. The van der Waals surface area contributed by atoms with Gasteiger partial charge in [0.05, 0.1) is 11.5 Å². The summed E-state index contributed by atoms with van der Waals surface area (Å²) in [5.41, 5.74) is 1.53. The van der Waals surface area contributed by atoms with Gasteiger partial charge in [0.2, 0.25) is 5.88 Å². The largest absolute Gasteiger partial charge is 0.475 e. The van der Waals surface area contributed by atoms with E-state index in [2.05, 4.69) is 20.6 Å². The molecule has 1 amide bonds. The Morgan fingerprint density at radius 3 is 2.70 bits per heavy atom. The van der Waals surface area contributed by atoms with Crippen LogP contribution in [0.15, 0.2) is 66.7 Å². The number of rotatable bonds is 7. The molecule has 1 N–H and O–H groups in total. The van der Waals surface area contributed by atoms with Crippen LogP contribution in [-0.4, -0.2) is 43.8 Å². The maximum atomic E-state index is 12.1. The zero-order chi connectivity index (χ0) is 20.9. The molecule has 0 unspecified atom stereocenters. The fourth-order valence-corrected chi connectivity index (χ4v) is 2.80. The highest BCUT2D eigenvalue weighted by molar-refractivity contribution is 5.94. The Balaban J connectivity index is 1.38.